The highest BCUT2D eigenvalue weighted by atomic mass is 19.1. The van der Waals surface area contributed by atoms with E-state index in [0.29, 0.717) is 51.5 Å². The number of allylic oxidation sites excluding steroid dienone is 2. The number of nitrogens with one attached hydrogen (secondary N) is 1. The molecule has 1 amide bonds. The molecule has 0 spiro atoms. The van der Waals surface area contributed by atoms with Gasteiger partial charge in [0.25, 0.3) is 11.7 Å². The molecular weight excluding hydrogens is 1190 g/mol. The Morgan fingerprint density at radius 2 is 1.60 bits per heavy atom. The van der Waals surface area contributed by atoms with E-state index in [0.717, 1.165) is 41.8 Å². The third-order valence-electron chi connectivity index (χ3n) is 19.4. The zero-order valence-corrected chi connectivity index (χ0v) is 52.2. The van der Waals surface area contributed by atoms with Crippen LogP contribution in [0, 0.1) is 54.0 Å². The van der Waals surface area contributed by atoms with Crippen LogP contribution in [0.25, 0.3) is 27.5 Å². The number of phenols is 3. The number of ketones is 1. The summed E-state index contributed by atoms with van der Waals surface area (Å²) in [5.41, 5.74) is -3.26. The summed E-state index contributed by atoms with van der Waals surface area (Å²) in [6.07, 6.45) is 8.93. The summed E-state index contributed by atoms with van der Waals surface area (Å²) in [6, 6.07) is 3.61. The number of phenolic OH excluding ortho intramolecular Hbond substituents is 3. The van der Waals surface area contributed by atoms with E-state index in [-0.39, 0.29) is 79.1 Å². The first-order valence-electron chi connectivity index (χ1n) is 30.3. The molecule has 3 aromatic carbocycles. The van der Waals surface area contributed by atoms with Gasteiger partial charge in [0.15, 0.2) is 23.0 Å². The number of carboxylic acid groups (broad SMARTS) is 1. The molecule has 5 bridgehead atoms. The molecule has 5 aliphatic heterocycles. The fourth-order valence-electron chi connectivity index (χ4n) is 13.7. The number of carbonyl (C=O) groups is 4. The minimum absolute atomic E-state index is 0.00482. The highest BCUT2D eigenvalue weighted by molar-refractivity contribution is 6.24. The number of benzene rings is 3. The molecule has 486 valence electrons. The smallest absolute Gasteiger partial charge is 0.341 e. The zero-order chi connectivity index (χ0) is 66.0. The number of aromatic carboxylic acids is 1. The summed E-state index contributed by atoms with van der Waals surface area (Å²) >= 11 is 0. The van der Waals surface area contributed by atoms with Crippen molar-refractivity contribution >= 4 is 63.2 Å². The summed E-state index contributed by atoms with van der Waals surface area (Å²) in [5.74, 6) is -13.7. The van der Waals surface area contributed by atoms with Gasteiger partial charge in [-0.2, -0.15) is 5.10 Å². The van der Waals surface area contributed by atoms with Crippen LogP contribution in [0.4, 0.5) is 24.7 Å². The van der Waals surface area contributed by atoms with Crippen LogP contribution in [-0.4, -0.2) is 162 Å². The molecule has 0 radical (unpaired) electrons. The van der Waals surface area contributed by atoms with Crippen LogP contribution in [0.3, 0.4) is 0 Å². The molecule has 22 nitrogen and oxygen atoms in total. The van der Waals surface area contributed by atoms with E-state index in [4.69, 9.17) is 24.0 Å². The fraction of sp³-hybridized carbons (Fsp3) is 0.470. The number of Topliss-reactive ketones (excluding diaryl/α,β-unsaturated/α-hetero) is 1. The molecule has 7 heterocycles. The SMILES string of the molecule is CO[C@H]1/C=C/O[C@@]2(C)Oc3c(C)c(O)c4c(O)c(c(/C=N/N5CCC(N(C)C6(C7CCN(c8nc9c(cc8F)c(=O)c(C(=O)O)cn9-c8ccc(F)cc8F)C7)CC6)CC5)c(O)c4c3C2=O)NC(=O)/C(C)=C\C=C\[C@@H](C)[C@H](O)[C@@H](C)[C@@H](O)[C@@H](C)[C@H](OC(C)=O)[C@@H]1C. The predicted molar refractivity (Wildman–Crippen MR) is 330 cm³/mol. The molecule has 1 unspecified atom stereocenters. The van der Waals surface area contributed by atoms with E-state index in [1.165, 1.54) is 59.4 Å². The van der Waals surface area contributed by atoms with Gasteiger partial charge >= 0.3 is 17.7 Å². The number of esters is 1. The van der Waals surface area contributed by atoms with Crippen molar-refractivity contribution in [2.75, 3.05) is 50.6 Å². The Morgan fingerprint density at radius 1 is 0.901 bits per heavy atom. The second-order valence-corrected chi connectivity index (χ2v) is 25.0. The van der Waals surface area contributed by atoms with Gasteiger partial charge in [-0.25, -0.2) is 22.9 Å². The second-order valence-electron chi connectivity index (χ2n) is 25.0. The number of halogens is 3. The van der Waals surface area contributed by atoms with Gasteiger partial charge in [0.05, 0.1) is 64.1 Å². The second kappa shape index (κ2) is 25.3. The van der Waals surface area contributed by atoms with E-state index < -0.39 is 129 Å². The van der Waals surface area contributed by atoms with Crippen LogP contribution < -0.4 is 20.4 Å². The molecule has 11 rings (SSSR count). The van der Waals surface area contributed by atoms with Crippen LogP contribution >= 0.6 is 0 Å². The number of aromatic nitrogens is 2. The number of nitrogens with zero attached hydrogens (tertiary/aromatic N) is 6. The summed E-state index contributed by atoms with van der Waals surface area (Å²) in [5, 5.41) is 77.9. The van der Waals surface area contributed by atoms with Crippen molar-refractivity contribution in [2.45, 2.75) is 129 Å². The lowest BCUT2D eigenvalue weighted by molar-refractivity contribution is -0.160. The summed E-state index contributed by atoms with van der Waals surface area (Å²) in [6.45, 7) is 13.9. The number of hydrogen-bond acceptors (Lipinski definition) is 19. The molecule has 25 heteroatoms. The lowest BCUT2D eigenvalue weighted by Crippen LogP contribution is -2.50. The highest BCUT2D eigenvalue weighted by Crippen LogP contribution is 2.56. The van der Waals surface area contributed by atoms with Gasteiger partial charge in [-0.05, 0) is 83.2 Å². The molecule has 2 saturated heterocycles. The van der Waals surface area contributed by atoms with Crippen LogP contribution in [0.2, 0.25) is 0 Å². The van der Waals surface area contributed by atoms with Crippen molar-refractivity contribution in [3.8, 4) is 28.7 Å². The van der Waals surface area contributed by atoms with Crippen molar-refractivity contribution in [1.82, 2.24) is 19.5 Å². The lowest BCUT2D eigenvalue weighted by atomic mass is 9.78. The molecule has 7 N–H and O–H groups in total. The number of carboxylic acids is 1. The van der Waals surface area contributed by atoms with Crippen LogP contribution in [-0.2, 0) is 23.8 Å². The van der Waals surface area contributed by atoms with Gasteiger partial charge in [0, 0.05) is 111 Å². The average Bonchev–Trinajstić information content (AvgIpc) is 1.75. The number of aromatic hydroxyl groups is 3. The van der Waals surface area contributed by atoms with Gasteiger partial charge in [-0.1, -0.05) is 45.9 Å². The Balaban J connectivity index is 0.929. The third kappa shape index (κ3) is 12.0. The number of carbonyl (C=O) groups excluding carboxylic acids is 3. The van der Waals surface area contributed by atoms with E-state index >= 15 is 8.78 Å². The van der Waals surface area contributed by atoms with Crippen molar-refractivity contribution in [3.05, 3.63) is 117 Å². The largest absolute Gasteiger partial charge is 0.507 e. The Labute approximate surface area is 522 Å². The number of aliphatic hydroxyl groups excluding tert-OH is 2. The first-order chi connectivity index (χ1) is 43.0. The normalized spacial score (nSPS) is 27.9. The number of aliphatic hydroxyl groups is 2. The van der Waals surface area contributed by atoms with Gasteiger partial charge < -0.3 is 59.8 Å². The zero-order valence-electron chi connectivity index (χ0n) is 52.2. The first-order valence-corrected chi connectivity index (χ1v) is 30.3. The topological polar surface area (TPSA) is 296 Å². The van der Waals surface area contributed by atoms with Crippen LogP contribution in [0.1, 0.15) is 112 Å². The van der Waals surface area contributed by atoms with Gasteiger partial charge in [0.1, 0.15) is 40.6 Å². The molecular formula is C66H76F3N7O15. The van der Waals surface area contributed by atoms with Gasteiger partial charge in [0.2, 0.25) is 5.43 Å². The van der Waals surface area contributed by atoms with Gasteiger partial charge in [-0.15, -0.1) is 0 Å². The minimum Gasteiger partial charge on any atom is -0.507 e. The van der Waals surface area contributed by atoms with Crippen molar-refractivity contribution in [3.63, 3.8) is 0 Å². The number of rotatable bonds is 10. The van der Waals surface area contributed by atoms with Crippen molar-refractivity contribution < 1.29 is 81.9 Å². The Hall–Kier alpha value is -8.52. The van der Waals surface area contributed by atoms with Gasteiger partial charge in [-0.3, -0.25) is 33.7 Å². The molecule has 91 heavy (non-hydrogen) atoms. The number of hydrogen-bond donors (Lipinski definition) is 7. The van der Waals surface area contributed by atoms with Crippen LogP contribution in [0.15, 0.2) is 76.5 Å². The third-order valence-corrected chi connectivity index (χ3v) is 19.4. The number of anilines is 2. The van der Waals surface area contributed by atoms with E-state index in [2.05, 4.69) is 22.2 Å². The van der Waals surface area contributed by atoms with Crippen molar-refractivity contribution in [2.24, 2.45) is 34.7 Å². The number of fused-ring (bicyclic) bond motifs is 15. The lowest BCUT2D eigenvalue weighted by Gasteiger charge is -2.42. The Kier molecular flexibility index (Phi) is 18.2. The summed E-state index contributed by atoms with van der Waals surface area (Å²) in [7, 11) is 3.47. The molecule has 1 saturated carbocycles. The number of methoxy groups -OCH3 is 1. The molecule has 3 fully saturated rings. The number of pyridine rings is 2. The fourth-order valence-corrected chi connectivity index (χ4v) is 13.7. The predicted octanol–water partition coefficient (Wildman–Crippen LogP) is 8.36. The minimum atomic E-state index is -2.14. The van der Waals surface area contributed by atoms with Crippen molar-refractivity contribution in [1.29, 1.82) is 0 Å². The Bertz CT molecular complexity index is 3950. The molecule has 5 aromatic rings. The summed E-state index contributed by atoms with van der Waals surface area (Å²) in [4.78, 5) is 75.6. The highest BCUT2D eigenvalue weighted by Gasteiger charge is 2.56. The maximum absolute atomic E-state index is 16.2. The standard InChI is InChI=1S/C66H76F3N7O15/c1-31-12-11-13-32(2)63(85)71-51-42(56(82)48-49(57(51)83)54(80)36(6)59-50(48)60(84)65(8,91-59)89-25-19-47(88-10)33(3)58(90-37(7)77)35(5)53(79)34(4)52(31)78)28-70-75-23-17-40(18-24-75)73(9)66(20-21-66)38-16-22-74(29-38)62-45(69)27-41-55(81)43(64(86)87)30-76(61(41)72-62)46-15-14-39(67)26-44(46)68/h11-15,19,25-28,30-31,33-35,38,40,47,52-53,58,78-80,82-83H,16-18,20-24,29H2,1-10H3,(H,71,85)(H,86,87)/b12-11+,25-19+,32-13-,70-28+/t31-,33-,34-,35-,38?,47+,52+,53-,58-,65+/m1/s1. The number of piperidine rings is 1. The molecule has 6 aliphatic rings. The number of hydrazone groups is 1. The molecule has 2 aromatic heterocycles. The van der Waals surface area contributed by atoms with E-state index in [9.17, 15) is 59.0 Å². The quantitative estimate of drug-likeness (QED) is 0.0299. The van der Waals surface area contributed by atoms with Crippen LogP contribution in [0.5, 0.6) is 23.0 Å². The number of amides is 1. The Morgan fingerprint density at radius 3 is 2.25 bits per heavy atom. The van der Waals surface area contributed by atoms with E-state index in [1.807, 2.05) is 0 Å². The first kappa shape index (κ1) is 65.4. The monoisotopic (exact) mass is 1260 g/mol. The maximum Gasteiger partial charge on any atom is 0.341 e. The molecule has 10 atom stereocenters. The maximum atomic E-state index is 16.2. The number of ether oxygens (including phenoxy) is 4. The summed E-state index contributed by atoms with van der Waals surface area (Å²) < 4.78 is 70.3. The average molecular weight is 1260 g/mol. The van der Waals surface area contributed by atoms with E-state index in [1.54, 1.807) is 49.8 Å². The molecule has 1 aliphatic carbocycles.